The summed E-state index contributed by atoms with van der Waals surface area (Å²) in [7, 11) is 0. The lowest BCUT2D eigenvalue weighted by molar-refractivity contribution is 0.0950. The van der Waals surface area contributed by atoms with Gasteiger partial charge < -0.3 is 15.8 Å². The molecule has 112 valence electrons. The lowest BCUT2D eigenvalue weighted by Crippen LogP contribution is -2.38. The molecule has 1 aromatic rings. The van der Waals surface area contributed by atoms with Gasteiger partial charge in [0.05, 0.1) is 6.61 Å². The second kappa shape index (κ2) is 8.12. The number of carbonyl (C=O) groups excluding carboxylic acids is 1. The topological polar surface area (TPSA) is 64.3 Å². The molecule has 0 aromatic heterocycles. The molecule has 2 rings (SSSR count). The van der Waals surface area contributed by atoms with Crippen LogP contribution in [0.4, 0.5) is 0 Å². The predicted molar refractivity (Wildman–Crippen MR) is 82.5 cm³/mol. The van der Waals surface area contributed by atoms with E-state index in [9.17, 15) is 4.79 Å². The molecule has 0 radical (unpaired) electrons. The Hall–Kier alpha value is -1.26. The molecular weight excluding hydrogens is 276 g/mol. The molecule has 0 spiro atoms. The lowest BCUT2D eigenvalue weighted by Gasteiger charge is -2.12. The van der Waals surface area contributed by atoms with Gasteiger partial charge in [-0.05, 0) is 43.4 Å². The minimum Gasteiger partial charge on any atom is -0.494 e. The van der Waals surface area contributed by atoms with Crippen molar-refractivity contribution in [1.82, 2.24) is 5.32 Å². The Morgan fingerprint density at radius 3 is 2.90 bits per heavy atom. The van der Waals surface area contributed by atoms with Crippen LogP contribution in [0.25, 0.3) is 0 Å². The summed E-state index contributed by atoms with van der Waals surface area (Å²) in [6.45, 7) is 3.26. The van der Waals surface area contributed by atoms with Gasteiger partial charge in [0.15, 0.2) is 0 Å². The number of carbonyl (C=O) groups is 1. The van der Waals surface area contributed by atoms with E-state index in [1.807, 2.05) is 12.1 Å². The Morgan fingerprint density at radius 1 is 1.50 bits per heavy atom. The van der Waals surface area contributed by atoms with Crippen LogP contribution in [0, 0.1) is 5.92 Å². The standard InChI is InChI=1S/C15H22N2O2.ClH/c1-2-8-19-13-5-3-4-12(9-13)15(18)17-10-14(16)11-6-7-11;/h3-5,9,11,14H,2,6-8,10,16H2,1H3,(H,17,18);1H. The fourth-order valence-corrected chi connectivity index (χ4v) is 1.95. The minimum atomic E-state index is -0.0851. The van der Waals surface area contributed by atoms with E-state index in [1.54, 1.807) is 12.1 Å². The van der Waals surface area contributed by atoms with Crippen molar-refractivity contribution in [2.24, 2.45) is 11.7 Å². The third-order valence-corrected chi connectivity index (χ3v) is 3.29. The van der Waals surface area contributed by atoms with E-state index in [0.717, 1.165) is 12.2 Å². The molecule has 1 fully saturated rings. The largest absolute Gasteiger partial charge is 0.494 e. The number of ether oxygens (including phenoxy) is 1. The van der Waals surface area contributed by atoms with Crippen molar-refractivity contribution < 1.29 is 9.53 Å². The summed E-state index contributed by atoms with van der Waals surface area (Å²) in [6, 6.07) is 7.34. The van der Waals surface area contributed by atoms with E-state index >= 15 is 0 Å². The van der Waals surface area contributed by atoms with Crippen LogP contribution in [0.15, 0.2) is 24.3 Å². The average Bonchev–Trinajstić information content (AvgIpc) is 3.27. The van der Waals surface area contributed by atoms with Gasteiger partial charge >= 0.3 is 0 Å². The number of amides is 1. The number of hydrogen-bond donors (Lipinski definition) is 2. The Kier molecular flexibility index (Phi) is 6.82. The van der Waals surface area contributed by atoms with Crippen molar-refractivity contribution in [1.29, 1.82) is 0 Å². The van der Waals surface area contributed by atoms with Gasteiger partial charge in [0.25, 0.3) is 5.91 Å². The maximum atomic E-state index is 12.0. The molecule has 4 nitrogen and oxygen atoms in total. The van der Waals surface area contributed by atoms with Crippen LogP contribution in [0.3, 0.4) is 0 Å². The van der Waals surface area contributed by atoms with Gasteiger partial charge in [-0.25, -0.2) is 0 Å². The summed E-state index contributed by atoms with van der Waals surface area (Å²) in [5.41, 5.74) is 6.58. The second-order valence-electron chi connectivity index (χ2n) is 5.09. The molecule has 20 heavy (non-hydrogen) atoms. The molecule has 1 amide bonds. The van der Waals surface area contributed by atoms with Gasteiger partial charge in [-0.15, -0.1) is 12.4 Å². The van der Waals surface area contributed by atoms with E-state index in [1.165, 1.54) is 12.8 Å². The smallest absolute Gasteiger partial charge is 0.251 e. The zero-order chi connectivity index (χ0) is 13.7. The van der Waals surface area contributed by atoms with Crippen molar-refractivity contribution in [3.63, 3.8) is 0 Å². The first-order valence-electron chi connectivity index (χ1n) is 6.97. The first-order valence-corrected chi connectivity index (χ1v) is 6.97. The van der Waals surface area contributed by atoms with E-state index < -0.39 is 0 Å². The third-order valence-electron chi connectivity index (χ3n) is 3.29. The lowest BCUT2D eigenvalue weighted by atomic mass is 10.1. The Labute approximate surface area is 126 Å². The normalized spacial score (nSPS) is 15.1. The van der Waals surface area contributed by atoms with E-state index in [4.69, 9.17) is 10.5 Å². The van der Waals surface area contributed by atoms with Crippen LogP contribution < -0.4 is 15.8 Å². The van der Waals surface area contributed by atoms with Crippen LogP contribution >= 0.6 is 12.4 Å². The number of benzene rings is 1. The molecular formula is C15H23ClN2O2. The zero-order valence-corrected chi connectivity index (χ0v) is 12.6. The van der Waals surface area contributed by atoms with Crippen molar-refractivity contribution >= 4 is 18.3 Å². The fourth-order valence-electron chi connectivity index (χ4n) is 1.95. The van der Waals surface area contributed by atoms with Crippen molar-refractivity contribution in [3.05, 3.63) is 29.8 Å². The van der Waals surface area contributed by atoms with Crippen LogP contribution in [0.1, 0.15) is 36.5 Å². The van der Waals surface area contributed by atoms with Gasteiger partial charge in [0.1, 0.15) is 5.75 Å². The minimum absolute atomic E-state index is 0. The van der Waals surface area contributed by atoms with E-state index in [-0.39, 0.29) is 24.4 Å². The molecule has 1 aliphatic carbocycles. The van der Waals surface area contributed by atoms with Crippen LogP contribution in [0.2, 0.25) is 0 Å². The number of halogens is 1. The van der Waals surface area contributed by atoms with Crippen LogP contribution in [-0.4, -0.2) is 25.1 Å². The molecule has 0 aliphatic heterocycles. The van der Waals surface area contributed by atoms with Gasteiger partial charge in [-0.3, -0.25) is 4.79 Å². The molecule has 1 atom stereocenters. The van der Waals surface area contributed by atoms with E-state index in [0.29, 0.717) is 24.6 Å². The molecule has 1 aliphatic rings. The summed E-state index contributed by atoms with van der Waals surface area (Å²) in [4.78, 5) is 12.0. The van der Waals surface area contributed by atoms with Crippen molar-refractivity contribution in [2.45, 2.75) is 32.2 Å². The van der Waals surface area contributed by atoms with Gasteiger partial charge in [-0.2, -0.15) is 0 Å². The molecule has 1 aromatic carbocycles. The Bertz CT molecular complexity index is 436. The third kappa shape index (κ3) is 5.02. The summed E-state index contributed by atoms with van der Waals surface area (Å²) in [5, 5.41) is 2.88. The molecule has 0 bridgehead atoms. The quantitative estimate of drug-likeness (QED) is 0.812. The highest BCUT2D eigenvalue weighted by atomic mass is 35.5. The molecule has 0 heterocycles. The number of hydrogen-bond acceptors (Lipinski definition) is 3. The number of nitrogens with one attached hydrogen (secondary N) is 1. The maximum Gasteiger partial charge on any atom is 0.251 e. The molecule has 0 saturated heterocycles. The van der Waals surface area contributed by atoms with Gasteiger partial charge in [-0.1, -0.05) is 13.0 Å². The SMILES string of the molecule is CCCOc1cccc(C(=O)NCC(N)C2CC2)c1.Cl. The van der Waals surface area contributed by atoms with Gasteiger partial charge in [0, 0.05) is 18.2 Å². The van der Waals surface area contributed by atoms with Crippen molar-refractivity contribution in [2.75, 3.05) is 13.2 Å². The molecule has 3 N–H and O–H groups in total. The molecule has 1 saturated carbocycles. The highest BCUT2D eigenvalue weighted by Crippen LogP contribution is 2.31. The summed E-state index contributed by atoms with van der Waals surface area (Å²) >= 11 is 0. The highest BCUT2D eigenvalue weighted by Gasteiger charge is 2.28. The number of rotatable bonds is 7. The monoisotopic (exact) mass is 298 g/mol. The molecule has 5 heteroatoms. The van der Waals surface area contributed by atoms with E-state index in [2.05, 4.69) is 12.2 Å². The predicted octanol–water partition coefficient (Wildman–Crippen LogP) is 2.36. The Morgan fingerprint density at radius 2 is 2.25 bits per heavy atom. The fraction of sp³-hybridized carbons (Fsp3) is 0.533. The first-order chi connectivity index (χ1) is 9.20. The number of nitrogens with two attached hydrogens (primary N) is 1. The zero-order valence-electron chi connectivity index (χ0n) is 11.8. The average molecular weight is 299 g/mol. The maximum absolute atomic E-state index is 12.0. The van der Waals surface area contributed by atoms with Crippen LogP contribution in [-0.2, 0) is 0 Å². The summed E-state index contributed by atoms with van der Waals surface area (Å²) in [5.74, 6) is 1.25. The van der Waals surface area contributed by atoms with Gasteiger partial charge in [0.2, 0.25) is 0 Å². The van der Waals surface area contributed by atoms with Crippen LogP contribution in [0.5, 0.6) is 5.75 Å². The first kappa shape index (κ1) is 16.8. The summed E-state index contributed by atoms with van der Waals surface area (Å²) in [6.07, 6.45) is 3.33. The van der Waals surface area contributed by atoms with Crippen molar-refractivity contribution in [3.8, 4) is 5.75 Å². The second-order valence-corrected chi connectivity index (χ2v) is 5.09. The molecule has 1 unspecified atom stereocenters. The Balaban J connectivity index is 0.00000200. The highest BCUT2D eigenvalue weighted by molar-refractivity contribution is 5.94. The summed E-state index contributed by atoms with van der Waals surface area (Å²) < 4.78 is 5.52.